The van der Waals surface area contributed by atoms with Crippen molar-refractivity contribution >= 4 is 28.4 Å². The largest absolute Gasteiger partial charge is 0.281 e. The number of aromatic nitrogens is 1. The number of aliphatic imine (C=N–C) groups is 1. The fourth-order valence-electron chi connectivity index (χ4n) is 1.01. The summed E-state index contributed by atoms with van der Waals surface area (Å²) in [6.45, 7) is 1.91. The van der Waals surface area contributed by atoms with E-state index in [1.807, 2.05) is 19.2 Å². The highest BCUT2D eigenvalue weighted by molar-refractivity contribution is 8.13. The Bertz CT molecular complexity index is 336. The second kappa shape index (κ2) is 4.63. The summed E-state index contributed by atoms with van der Waals surface area (Å²) in [6, 6.07) is 1.85. The molecule has 0 saturated heterocycles. The SMILES string of the molecule is CN=C(SC)c1cnc(C)cc1Cl. The van der Waals surface area contributed by atoms with E-state index >= 15 is 0 Å². The van der Waals surface area contributed by atoms with Crippen molar-refractivity contribution in [3.63, 3.8) is 0 Å². The summed E-state index contributed by atoms with van der Waals surface area (Å²) in [7, 11) is 1.75. The van der Waals surface area contributed by atoms with E-state index in [0.717, 1.165) is 16.3 Å². The molecule has 2 nitrogen and oxygen atoms in total. The predicted molar refractivity (Wildman–Crippen MR) is 60.0 cm³/mol. The smallest absolute Gasteiger partial charge is 0.100 e. The zero-order chi connectivity index (χ0) is 9.84. The Morgan fingerprint density at radius 2 is 2.31 bits per heavy atom. The predicted octanol–water partition coefficient (Wildman–Crippen LogP) is 2.78. The van der Waals surface area contributed by atoms with Crippen LogP contribution in [0.15, 0.2) is 17.3 Å². The van der Waals surface area contributed by atoms with E-state index in [-0.39, 0.29) is 0 Å². The van der Waals surface area contributed by atoms with E-state index in [1.165, 1.54) is 0 Å². The molecule has 0 atom stereocenters. The van der Waals surface area contributed by atoms with E-state index in [1.54, 1.807) is 25.0 Å². The van der Waals surface area contributed by atoms with E-state index in [0.29, 0.717) is 5.02 Å². The summed E-state index contributed by atoms with van der Waals surface area (Å²) in [5.41, 5.74) is 1.83. The van der Waals surface area contributed by atoms with Crippen LogP contribution in [0.1, 0.15) is 11.3 Å². The Kier molecular flexibility index (Phi) is 3.75. The van der Waals surface area contributed by atoms with Crippen LogP contribution in [0.5, 0.6) is 0 Å². The molecule has 0 aromatic carbocycles. The Hall–Kier alpha value is -0.540. The van der Waals surface area contributed by atoms with Gasteiger partial charge in [-0.1, -0.05) is 11.6 Å². The van der Waals surface area contributed by atoms with Gasteiger partial charge in [-0.15, -0.1) is 11.8 Å². The van der Waals surface area contributed by atoms with Crippen molar-refractivity contribution in [3.8, 4) is 0 Å². The van der Waals surface area contributed by atoms with Gasteiger partial charge in [0.1, 0.15) is 5.04 Å². The molecule has 4 heteroatoms. The number of hydrogen-bond acceptors (Lipinski definition) is 3. The molecule has 0 bridgehead atoms. The van der Waals surface area contributed by atoms with Crippen molar-refractivity contribution in [2.75, 3.05) is 13.3 Å². The molecular formula is C9H11ClN2S. The van der Waals surface area contributed by atoms with Crippen LogP contribution in [-0.2, 0) is 0 Å². The first kappa shape index (κ1) is 10.5. The summed E-state index contributed by atoms with van der Waals surface area (Å²) >= 11 is 7.62. The van der Waals surface area contributed by atoms with Gasteiger partial charge >= 0.3 is 0 Å². The lowest BCUT2D eigenvalue weighted by Gasteiger charge is -2.04. The molecule has 0 N–H and O–H groups in total. The second-order valence-electron chi connectivity index (χ2n) is 2.54. The summed E-state index contributed by atoms with van der Waals surface area (Å²) in [5.74, 6) is 0. The molecule has 0 aliphatic heterocycles. The minimum atomic E-state index is 0.711. The van der Waals surface area contributed by atoms with E-state index in [9.17, 15) is 0 Å². The highest BCUT2D eigenvalue weighted by Gasteiger charge is 2.06. The van der Waals surface area contributed by atoms with Crippen LogP contribution in [0.25, 0.3) is 0 Å². The molecular weight excluding hydrogens is 204 g/mol. The lowest BCUT2D eigenvalue weighted by Crippen LogP contribution is -1.97. The van der Waals surface area contributed by atoms with Crippen LogP contribution in [0.2, 0.25) is 5.02 Å². The van der Waals surface area contributed by atoms with E-state index in [2.05, 4.69) is 9.98 Å². The Balaban J connectivity index is 3.15. The summed E-state index contributed by atoms with van der Waals surface area (Å²) in [5, 5.41) is 1.62. The topological polar surface area (TPSA) is 25.2 Å². The molecule has 1 heterocycles. The van der Waals surface area contributed by atoms with Gasteiger partial charge in [0, 0.05) is 24.5 Å². The highest BCUT2D eigenvalue weighted by atomic mass is 35.5. The van der Waals surface area contributed by atoms with Crippen molar-refractivity contribution in [2.24, 2.45) is 4.99 Å². The van der Waals surface area contributed by atoms with Crippen LogP contribution >= 0.6 is 23.4 Å². The summed E-state index contributed by atoms with van der Waals surface area (Å²) < 4.78 is 0. The van der Waals surface area contributed by atoms with Gasteiger partial charge in [0.2, 0.25) is 0 Å². The third-order valence-electron chi connectivity index (χ3n) is 1.62. The van der Waals surface area contributed by atoms with Gasteiger partial charge in [0.05, 0.1) is 5.02 Å². The van der Waals surface area contributed by atoms with Crippen molar-refractivity contribution in [3.05, 3.63) is 28.5 Å². The Morgan fingerprint density at radius 3 is 2.77 bits per heavy atom. The average Bonchev–Trinajstić information content (AvgIpc) is 2.10. The van der Waals surface area contributed by atoms with Crippen molar-refractivity contribution in [1.82, 2.24) is 4.98 Å². The molecule has 0 radical (unpaired) electrons. The molecule has 1 aromatic rings. The maximum absolute atomic E-state index is 6.05. The number of hydrogen-bond donors (Lipinski definition) is 0. The molecule has 70 valence electrons. The summed E-state index contributed by atoms with van der Waals surface area (Å²) in [6.07, 6.45) is 3.73. The molecule has 0 aliphatic rings. The Morgan fingerprint density at radius 1 is 1.62 bits per heavy atom. The van der Waals surface area contributed by atoms with Gasteiger partial charge < -0.3 is 0 Å². The average molecular weight is 215 g/mol. The minimum absolute atomic E-state index is 0.711. The first-order valence-electron chi connectivity index (χ1n) is 3.82. The third-order valence-corrected chi connectivity index (χ3v) is 2.72. The fraction of sp³-hybridized carbons (Fsp3) is 0.333. The molecule has 0 fully saturated rings. The highest BCUT2D eigenvalue weighted by Crippen LogP contribution is 2.20. The van der Waals surface area contributed by atoms with Gasteiger partial charge in [-0.25, -0.2) is 0 Å². The molecule has 0 saturated carbocycles. The van der Waals surface area contributed by atoms with Gasteiger partial charge in [-0.3, -0.25) is 9.98 Å². The van der Waals surface area contributed by atoms with Crippen LogP contribution in [0, 0.1) is 6.92 Å². The zero-order valence-corrected chi connectivity index (χ0v) is 9.41. The zero-order valence-electron chi connectivity index (χ0n) is 7.84. The van der Waals surface area contributed by atoms with E-state index < -0.39 is 0 Å². The summed E-state index contributed by atoms with van der Waals surface area (Å²) in [4.78, 5) is 8.30. The lowest BCUT2D eigenvalue weighted by atomic mass is 10.3. The standard InChI is InChI=1S/C9H11ClN2S/c1-6-4-8(10)7(5-12-6)9(11-2)13-3/h4-5H,1-3H3. The molecule has 0 amide bonds. The third kappa shape index (κ3) is 2.45. The molecule has 0 spiro atoms. The van der Waals surface area contributed by atoms with Gasteiger partial charge in [0.15, 0.2) is 0 Å². The molecule has 13 heavy (non-hydrogen) atoms. The quantitative estimate of drug-likeness (QED) is 0.531. The van der Waals surface area contributed by atoms with Crippen molar-refractivity contribution in [2.45, 2.75) is 6.92 Å². The van der Waals surface area contributed by atoms with Gasteiger partial charge in [-0.2, -0.15) is 0 Å². The number of halogens is 1. The van der Waals surface area contributed by atoms with Gasteiger partial charge in [-0.05, 0) is 19.2 Å². The van der Waals surface area contributed by atoms with E-state index in [4.69, 9.17) is 11.6 Å². The fourth-order valence-corrected chi connectivity index (χ4v) is 1.92. The van der Waals surface area contributed by atoms with Crippen LogP contribution in [0.4, 0.5) is 0 Å². The number of thioether (sulfide) groups is 1. The minimum Gasteiger partial charge on any atom is -0.281 e. The second-order valence-corrected chi connectivity index (χ2v) is 3.74. The lowest BCUT2D eigenvalue weighted by molar-refractivity contribution is 1.19. The number of pyridine rings is 1. The molecule has 1 rings (SSSR count). The molecule has 0 aliphatic carbocycles. The monoisotopic (exact) mass is 214 g/mol. The normalized spacial score (nSPS) is 11.8. The maximum atomic E-state index is 6.05. The number of aryl methyl sites for hydroxylation is 1. The van der Waals surface area contributed by atoms with Crippen molar-refractivity contribution < 1.29 is 0 Å². The molecule has 1 aromatic heterocycles. The molecule has 0 unspecified atom stereocenters. The number of rotatable bonds is 1. The first-order valence-corrected chi connectivity index (χ1v) is 5.42. The number of nitrogens with zero attached hydrogens (tertiary/aromatic N) is 2. The Labute approximate surface area is 87.4 Å². The van der Waals surface area contributed by atoms with Gasteiger partial charge in [0.25, 0.3) is 0 Å². The van der Waals surface area contributed by atoms with Crippen LogP contribution < -0.4 is 0 Å². The van der Waals surface area contributed by atoms with Crippen molar-refractivity contribution in [1.29, 1.82) is 0 Å². The van der Waals surface area contributed by atoms with Crippen LogP contribution in [-0.4, -0.2) is 23.3 Å². The maximum Gasteiger partial charge on any atom is 0.100 e. The van der Waals surface area contributed by atoms with Crippen LogP contribution in [0.3, 0.4) is 0 Å². The first-order chi connectivity index (χ1) is 6.19.